The van der Waals surface area contributed by atoms with E-state index < -0.39 is 22.3 Å². The van der Waals surface area contributed by atoms with Crippen molar-refractivity contribution in [3.8, 4) is 5.75 Å². The Morgan fingerprint density at radius 3 is 2.35 bits per heavy atom. The predicted octanol–water partition coefficient (Wildman–Crippen LogP) is 1.66. The minimum absolute atomic E-state index is 0.0548. The van der Waals surface area contributed by atoms with Crippen molar-refractivity contribution < 1.29 is 27.3 Å². The van der Waals surface area contributed by atoms with Gasteiger partial charge in [0.25, 0.3) is 0 Å². The molecule has 0 saturated carbocycles. The summed E-state index contributed by atoms with van der Waals surface area (Å²) in [5.74, 6) is -0.652. The lowest BCUT2D eigenvalue weighted by molar-refractivity contribution is -0.133. The summed E-state index contributed by atoms with van der Waals surface area (Å²) in [6.07, 6.45) is 0.267. The summed E-state index contributed by atoms with van der Waals surface area (Å²) in [6.45, 7) is 5.16. The number of carbonyl (C=O) groups is 2. The van der Waals surface area contributed by atoms with Crippen LogP contribution in [0.4, 0.5) is 10.5 Å². The van der Waals surface area contributed by atoms with Crippen LogP contribution >= 0.6 is 0 Å². The van der Waals surface area contributed by atoms with E-state index in [0.29, 0.717) is 5.56 Å². The van der Waals surface area contributed by atoms with Gasteiger partial charge in [0.2, 0.25) is 5.91 Å². The number of rotatable bonds is 7. The van der Waals surface area contributed by atoms with Crippen LogP contribution in [0, 0.1) is 5.92 Å². The Labute approximate surface area is 153 Å². The zero-order valence-corrected chi connectivity index (χ0v) is 16.3. The lowest BCUT2D eigenvalue weighted by Crippen LogP contribution is -2.48. The van der Waals surface area contributed by atoms with Crippen molar-refractivity contribution in [1.29, 1.82) is 0 Å². The molecule has 10 heteroatoms. The molecule has 0 aliphatic heterocycles. The van der Waals surface area contributed by atoms with E-state index in [9.17, 15) is 18.0 Å². The highest BCUT2D eigenvalue weighted by molar-refractivity contribution is 7.87. The van der Waals surface area contributed by atoms with Crippen LogP contribution in [0.3, 0.4) is 0 Å². The third kappa shape index (κ3) is 5.88. The minimum Gasteiger partial charge on any atom is -0.495 e. The summed E-state index contributed by atoms with van der Waals surface area (Å²) >= 11 is 0. The number of hydrogen-bond acceptors (Lipinski definition) is 5. The quantitative estimate of drug-likeness (QED) is 0.611. The van der Waals surface area contributed by atoms with Gasteiger partial charge in [-0.25, -0.2) is 4.79 Å². The van der Waals surface area contributed by atoms with Gasteiger partial charge in [-0.15, -0.1) is 0 Å². The van der Waals surface area contributed by atoms with Gasteiger partial charge in [-0.05, 0) is 38.0 Å². The fourth-order valence-electron chi connectivity index (χ4n) is 2.49. The van der Waals surface area contributed by atoms with Gasteiger partial charge in [0.1, 0.15) is 5.75 Å². The van der Waals surface area contributed by atoms with Crippen LogP contribution in [-0.4, -0.2) is 50.0 Å². The number of imide groups is 1. The van der Waals surface area contributed by atoms with Crippen LogP contribution in [0.2, 0.25) is 0 Å². The highest BCUT2D eigenvalue weighted by atomic mass is 32.2. The first-order valence-corrected chi connectivity index (χ1v) is 9.41. The van der Waals surface area contributed by atoms with E-state index >= 15 is 0 Å². The Hall–Kier alpha value is -2.33. The fourth-order valence-corrected chi connectivity index (χ4v) is 2.93. The number of nitrogens with zero attached hydrogens (tertiary/aromatic N) is 1. The number of nitrogens with one attached hydrogen (secondary N) is 2. The summed E-state index contributed by atoms with van der Waals surface area (Å²) in [4.78, 5) is 25.7. The molecule has 146 valence electrons. The molecule has 26 heavy (non-hydrogen) atoms. The highest BCUT2D eigenvalue weighted by Crippen LogP contribution is 2.27. The smallest absolute Gasteiger partial charge is 0.357 e. The molecule has 0 bridgehead atoms. The summed E-state index contributed by atoms with van der Waals surface area (Å²) < 4.78 is 38.1. The van der Waals surface area contributed by atoms with E-state index in [2.05, 4.69) is 5.32 Å². The molecule has 0 aliphatic carbocycles. The van der Waals surface area contributed by atoms with Crippen LogP contribution in [-0.2, 0) is 21.5 Å². The third-order valence-corrected chi connectivity index (χ3v) is 4.13. The molecular formula is C16H25N3O6S. The number of methoxy groups -OCH3 is 1. The molecule has 0 fully saturated rings. The van der Waals surface area contributed by atoms with Crippen molar-refractivity contribution in [1.82, 2.24) is 10.2 Å². The second-order valence-electron chi connectivity index (χ2n) is 6.07. The molecule has 0 heterocycles. The lowest BCUT2D eigenvalue weighted by Gasteiger charge is -2.27. The Bertz CT molecular complexity index is 763. The topological polar surface area (TPSA) is 125 Å². The van der Waals surface area contributed by atoms with E-state index in [1.165, 1.54) is 26.3 Å². The Balaban J connectivity index is 3.05. The van der Waals surface area contributed by atoms with E-state index in [1.807, 2.05) is 4.72 Å². The monoisotopic (exact) mass is 387 g/mol. The van der Waals surface area contributed by atoms with E-state index in [4.69, 9.17) is 9.29 Å². The van der Waals surface area contributed by atoms with Crippen molar-refractivity contribution in [3.05, 3.63) is 23.8 Å². The second-order valence-corrected chi connectivity index (χ2v) is 7.23. The molecule has 0 aromatic heterocycles. The zero-order chi connectivity index (χ0) is 20.1. The van der Waals surface area contributed by atoms with Crippen LogP contribution < -0.4 is 14.8 Å². The molecular weight excluding hydrogens is 362 g/mol. The number of hydrogen-bond donors (Lipinski definition) is 3. The standard InChI is InChI=1S/C16H25N3O6S/c1-10(2)19(16(21)17-4)15(20)11(3)8-12-6-7-14(25-5)13(9-12)18-26(22,23)24/h6-7,9-11,18H,8H2,1-5H3,(H,17,21)(H,22,23,24). The molecule has 9 nitrogen and oxygen atoms in total. The van der Waals surface area contributed by atoms with Gasteiger partial charge < -0.3 is 10.1 Å². The first-order chi connectivity index (χ1) is 12.0. The van der Waals surface area contributed by atoms with E-state index in [-0.39, 0.29) is 29.8 Å². The van der Waals surface area contributed by atoms with Gasteiger partial charge in [-0.1, -0.05) is 13.0 Å². The molecule has 1 aromatic carbocycles. The average Bonchev–Trinajstić information content (AvgIpc) is 2.53. The first kappa shape index (κ1) is 21.7. The maximum absolute atomic E-state index is 12.6. The van der Waals surface area contributed by atoms with Crippen molar-refractivity contribution in [2.45, 2.75) is 33.2 Å². The van der Waals surface area contributed by atoms with Gasteiger partial charge in [0, 0.05) is 19.0 Å². The van der Waals surface area contributed by atoms with Crippen LogP contribution in [0.15, 0.2) is 18.2 Å². The number of amides is 3. The maximum atomic E-state index is 12.6. The first-order valence-electron chi connectivity index (χ1n) is 7.97. The Morgan fingerprint density at radius 2 is 1.88 bits per heavy atom. The molecule has 1 atom stereocenters. The van der Waals surface area contributed by atoms with Gasteiger partial charge in [-0.3, -0.25) is 19.0 Å². The molecule has 0 radical (unpaired) electrons. The number of urea groups is 1. The van der Waals surface area contributed by atoms with Crippen molar-refractivity contribution in [3.63, 3.8) is 0 Å². The molecule has 1 rings (SSSR count). The normalized spacial score (nSPS) is 12.4. The zero-order valence-electron chi connectivity index (χ0n) is 15.4. The Morgan fingerprint density at radius 1 is 1.27 bits per heavy atom. The number of anilines is 1. The molecule has 0 saturated heterocycles. The number of ether oxygens (including phenoxy) is 1. The molecule has 1 aromatic rings. The van der Waals surface area contributed by atoms with Gasteiger partial charge in [-0.2, -0.15) is 8.42 Å². The molecule has 0 aliphatic rings. The molecule has 1 unspecified atom stereocenters. The largest absolute Gasteiger partial charge is 0.495 e. The Kier molecular flexibility index (Phi) is 7.40. The van der Waals surface area contributed by atoms with Gasteiger partial charge in [0.05, 0.1) is 12.8 Å². The van der Waals surface area contributed by atoms with Crippen molar-refractivity contribution in [2.24, 2.45) is 5.92 Å². The van der Waals surface area contributed by atoms with Crippen LogP contribution in [0.25, 0.3) is 0 Å². The fraction of sp³-hybridized carbons (Fsp3) is 0.500. The molecule has 0 spiro atoms. The summed E-state index contributed by atoms with van der Waals surface area (Å²) in [6, 6.07) is 3.88. The van der Waals surface area contributed by atoms with Crippen molar-refractivity contribution in [2.75, 3.05) is 18.9 Å². The van der Waals surface area contributed by atoms with Crippen LogP contribution in [0.5, 0.6) is 5.75 Å². The van der Waals surface area contributed by atoms with Gasteiger partial charge >= 0.3 is 16.3 Å². The molecule has 3 amide bonds. The number of carbonyl (C=O) groups excluding carboxylic acids is 2. The van der Waals surface area contributed by atoms with Crippen molar-refractivity contribution >= 4 is 27.9 Å². The number of benzene rings is 1. The van der Waals surface area contributed by atoms with Gasteiger partial charge in [0.15, 0.2) is 0 Å². The van der Waals surface area contributed by atoms with E-state index in [1.54, 1.807) is 26.8 Å². The lowest BCUT2D eigenvalue weighted by atomic mass is 9.98. The SMILES string of the molecule is CNC(=O)N(C(=O)C(C)Cc1ccc(OC)c(NS(=O)(=O)O)c1)C(C)C. The highest BCUT2D eigenvalue weighted by Gasteiger charge is 2.28. The third-order valence-electron chi connectivity index (χ3n) is 3.65. The molecule has 3 N–H and O–H groups in total. The maximum Gasteiger partial charge on any atom is 0.357 e. The average molecular weight is 387 g/mol. The summed E-state index contributed by atoms with van der Waals surface area (Å²) in [5, 5.41) is 2.44. The van der Waals surface area contributed by atoms with E-state index in [0.717, 1.165) is 4.90 Å². The van der Waals surface area contributed by atoms with Crippen LogP contribution in [0.1, 0.15) is 26.3 Å². The summed E-state index contributed by atoms with van der Waals surface area (Å²) in [7, 11) is -1.66. The summed E-state index contributed by atoms with van der Waals surface area (Å²) in [5.41, 5.74) is 0.692. The minimum atomic E-state index is -4.47. The second kappa shape index (κ2) is 8.86. The predicted molar refractivity (Wildman–Crippen MR) is 97.5 cm³/mol.